The van der Waals surface area contributed by atoms with Crippen LogP contribution in [0.3, 0.4) is 0 Å². The molecule has 0 bridgehead atoms. The lowest BCUT2D eigenvalue weighted by Crippen LogP contribution is -2.33. The molecule has 2 heterocycles. The highest BCUT2D eigenvalue weighted by Gasteiger charge is 2.24. The number of anilines is 1. The highest BCUT2D eigenvalue weighted by atomic mass is 15.2. The van der Waals surface area contributed by atoms with E-state index in [9.17, 15) is 0 Å². The molecule has 5 nitrogen and oxygen atoms in total. The second kappa shape index (κ2) is 5.14. The quantitative estimate of drug-likeness (QED) is 0.882. The molecule has 1 aromatic heterocycles. The summed E-state index contributed by atoms with van der Waals surface area (Å²) in [7, 11) is 2.08. The van der Waals surface area contributed by atoms with Gasteiger partial charge in [0.1, 0.15) is 11.9 Å². The fourth-order valence-corrected chi connectivity index (χ4v) is 2.84. The minimum atomic E-state index is 0.302. The number of hydrogen-bond donors (Lipinski definition) is 1. The van der Waals surface area contributed by atoms with E-state index in [-0.39, 0.29) is 0 Å². The molecule has 100 valence electrons. The average Bonchev–Trinajstić information content (AvgIpc) is 2.41. The third kappa shape index (κ3) is 2.41. The van der Waals surface area contributed by atoms with E-state index in [1.54, 1.807) is 0 Å². The Kier molecular flexibility index (Phi) is 3.34. The smallest absolute Gasteiger partial charge is 0.234 e. The summed E-state index contributed by atoms with van der Waals surface area (Å²) in [5.74, 6) is 2.04. The molecule has 3 rings (SSSR count). The highest BCUT2D eigenvalue weighted by Crippen LogP contribution is 2.30. The summed E-state index contributed by atoms with van der Waals surface area (Å²) in [6.45, 7) is 2.78. The summed E-state index contributed by atoms with van der Waals surface area (Å²) < 4.78 is 0. The van der Waals surface area contributed by atoms with Crippen molar-refractivity contribution in [1.82, 2.24) is 15.3 Å². The van der Waals surface area contributed by atoms with Crippen molar-refractivity contribution in [3.63, 3.8) is 0 Å². The fourth-order valence-electron chi connectivity index (χ4n) is 2.84. The zero-order valence-corrected chi connectivity index (χ0v) is 11.3. The molecule has 5 heteroatoms. The first kappa shape index (κ1) is 12.4. The maximum Gasteiger partial charge on any atom is 0.234 e. The first-order valence-electron chi connectivity index (χ1n) is 6.99. The minimum absolute atomic E-state index is 0.302. The molecule has 1 N–H and O–H groups in total. The van der Waals surface area contributed by atoms with Crippen molar-refractivity contribution in [2.75, 3.05) is 25.0 Å². The van der Waals surface area contributed by atoms with Gasteiger partial charge in [-0.25, -0.2) is 9.97 Å². The second-order valence-corrected chi connectivity index (χ2v) is 5.51. The molecule has 0 unspecified atom stereocenters. The van der Waals surface area contributed by atoms with E-state index in [0.29, 0.717) is 5.82 Å². The third-order valence-corrected chi connectivity index (χ3v) is 4.13. The molecule has 0 amide bonds. The van der Waals surface area contributed by atoms with Crippen molar-refractivity contribution in [3.05, 3.63) is 17.1 Å². The van der Waals surface area contributed by atoms with Crippen LogP contribution in [0.5, 0.6) is 0 Å². The van der Waals surface area contributed by atoms with E-state index >= 15 is 0 Å². The number of nitrogens with zero attached hydrogens (tertiary/aromatic N) is 4. The zero-order valence-electron chi connectivity index (χ0n) is 11.3. The van der Waals surface area contributed by atoms with Gasteiger partial charge >= 0.3 is 0 Å². The van der Waals surface area contributed by atoms with Crippen molar-refractivity contribution < 1.29 is 0 Å². The molecule has 1 aliphatic carbocycles. The van der Waals surface area contributed by atoms with Crippen LogP contribution in [0.2, 0.25) is 0 Å². The van der Waals surface area contributed by atoms with Crippen molar-refractivity contribution >= 4 is 5.82 Å². The lowest BCUT2D eigenvalue weighted by molar-refractivity contribution is 0.320. The van der Waals surface area contributed by atoms with E-state index in [2.05, 4.69) is 33.3 Å². The molecular formula is C14H19N5. The van der Waals surface area contributed by atoms with Crippen molar-refractivity contribution in [1.29, 1.82) is 5.26 Å². The molecule has 1 aliphatic heterocycles. The topological polar surface area (TPSA) is 64.8 Å². The van der Waals surface area contributed by atoms with Crippen LogP contribution in [-0.4, -0.2) is 30.1 Å². The number of nitrogens with one attached hydrogen (secondary N) is 1. The maximum absolute atomic E-state index is 9.08. The standard InChI is InChI=1S/C14H19N5/c1-19(9-10-3-2-4-10)14-11-8-16-6-5-12(11)17-13(7-15)18-14/h10,16H,2-6,8-9H2,1H3. The van der Waals surface area contributed by atoms with Gasteiger partial charge in [-0.3, -0.25) is 0 Å². The molecule has 1 aromatic rings. The molecular weight excluding hydrogens is 238 g/mol. The van der Waals surface area contributed by atoms with Gasteiger partial charge in [0.25, 0.3) is 0 Å². The van der Waals surface area contributed by atoms with E-state index < -0.39 is 0 Å². The van der Waals surface area contributed by atoms with Crippen LogP contribution >= 0.6 is 0 Å². The van der Waals surface area contributed by atoms with Gasteiger partial charge < -0.3 is 10.2 Å². The average molecular weight is 257 g/mol. The normalized spacial score (nSPS) is 18.3. The Morgan fingerprint density at radius 3 is 2.95 bits per heavy atom. The Bertz CT molecular complexity index is 515. The summed E-state index contributed by atoms with van der Waals surface area (Å²) in [4.78, 5) is 11.0. The monoisotopic (exact) mass is 257 g/mol. The summed E-state index contributed by atoms with van der Waals surface area (Å²) in [6.07, 6.45) is 4.88. The number of hydrogen-bond acceptors (Lipinski definition) is 5. The predicted octanol–water partition coefficient (Wildman–Crippen LogP) is 1.23. The van der Waals surface area contributed by atoms with Crippen LogP contribution in [0.15, 0.2) is 0 Å². The summed E-state index contributed by atoms with van der Waals surface area (Å²) in [6, 6.07) is 2.08. The van der Waals surface area contributed by atoms with Gasteiger partial charge in [-0.2, -0.15) is 5.26 Å². The van der Waals surface area contributed by atoms with Crippen LogP contribution in [0.25, 0.3) is 0 Å². The molecule has 19 heavy (non-hydrogen) atoms. The van der Waals surface area contributed by atoms with Gasteiger partial charge in [-0.1, -0.05) is 6.42 Å². The lowest BCUT2D eigenvalue weighted by Gasteiger charge is -2.32. The van der Waals surface area contributed by atoms with Crippen molar-refractivity contribution in [2.45, 2.75) is 32.2 Å². The molecule has 2 aliphatic rings. The first-order valence-corrected chi connectivity index (χ1v) is 6.99. The zero-order chi connectivity index (χ0) is 13.2. The van der Waals surface area contributed by atoms with Crippen molar-refractivity contribution in [3.8, 4) is 6.07 Å². The van der Waals surface area contributed by atoms with Gasteiger partial charge in [-0.05, 0) is 18.8 Å². The van der Waals surface area contributed by atoms with Gasteiger partial charge in [0.15, 0.2) is 0 Å². The second-order valence-electron chi connectivity index (χ2n) is 5.51. The third-order valence-electron chi connectivity index (χ3n) is 4.13. The van der Waals surface area contributed by atoms with Crippen LogP contribution in [0, 0.1) is 17.2 Å². The lowest BCUT2D eigenvalue weighted by atomic mass is 9.85. The largest absolute Gasteiger partial charge is 0.359 e. The Labute approximate surface area is 113 Å². The van der Waals surface area contributed by atoms with Gasteiger partial charge in [0.2, 0.25) is 5.82 Å². The number of aromatic nitrogens is 2. The van der Waals surface area contributed by atoms with Gasteiger partial charge in [-0.15, -0.1) is 0 Å². The summed E-state index contributed by atoms with van der Waals surface area (Å²) >= 11 is 0. The number of rotatable bonds is 3. The van der Waals surface area contributed by atoms with E-state index in [4.69, 9.17) is 5.26 Å². The molecule has 1 fully saturated rings. The Hall–Kier alpha value is -1.67. The van der Waals surface area contributed by atoms with Crippen LogP contribution < -0.4 is 10.2 Å². The Balaban J connectivity index is 1.91. The molecule has 0 atom stereocenters. The van der Waals surface area contributed by atoms with Crippen LogP contribution in [-0.2, 0) is 13.0 Å². The summed E-state index contributed by atoms with van der Waals surface area (Å²) in [5, 5.41) is 12.4. The maximum atomic E-state index is 9.08. The van der Waals surface area contributed by atoms with Gasteiger partial charge in [0.05, 0.1) is 5.69 Å². The molecule has 0 spiro atoms. The van der Waals surface area contributed by atoms with Crippen molar-refractivity contribution in [2.24, 2.45) is 5.92 Å². The Morgan fingerprint density at radius 2 is 2.26 bits per heavy atom. The van der Waals surface area contributed by atoms with E-state index in [0.717, 1.165) is 43.5 Å². The molecule has 1 saturated carbocycles. The van der Waals surface area contributed by atoms with E-state index in [1.165, 1.54) is 24.8 Å². The molecule has 0 saturated heterocycles. The SMILES string of the molecule is CN(CC1CCC1)c1nc(C#N)nc2c1CNCC2. The van der Waals surface area contributed by atoms with Crippen LogP contribution in [0.1, 0.15) is 36.3 Å². The predicted molar refractivity (Wildman–Crippen MR) is 72.8 cm³/mol. The minimum Gasteiger partial charge on any atom is -0.359 e. The van der Waals surface area contributed by atoms with Gasteiger partial charge in [0, 0.05) is 38.7 Å². The highest BCUT2D eigenvalue weighted by molar-refractivity contribution is 5.50. The number of fused-ring (bicyclic) bond motifs is 1. The fraction of sp³-hybridized carbons (Fsp3) is 0.643. The Morgan fingerprint density at radius 1 is 1.42 bits per heavy atom. The number of nitriles is 1. The van der Waals surface area contributed by atoms with E-state index in [1.807, 2.05) is 0 Å². The molecule has 0 aromatic carbocycles. The summed E-state index contributed by atoms with van der Waals surface area (Å²) in [5.41, 5.74) is 2.22. The van der Waals surface area contributed by atoms with Crippen LogP contribution in [0.4, 0.5) is 5.82 Å². The first-order chi connectivity index (χ1) is 9.28. The molecule has 0 radical (unpaired) electrons.